The lowest BCUT2D eigenvalue weighted by molar-refractivity contribution is 0.0700. The molecule has 5 heteroatoms. The third kappa shape index (κ3) is 3.21. The Kier molecular flexibility index (Phi) is 4.69. The second-order valence-electron chi connectivity index (χ2n) is 4.91. The van der Waals surface area contributed by atoms with Crippen molar-refractivity contribution in [2.24, 2.45) is 0 Å². The van der Waals surface area contributed by atoms with Crippen LogP contribution in [0.15, 0.2) is 18.2 Å². The summed E-state index contributed by atoms with van der Waals surface area (Å²) < 4.78 is 13.0. The van der Waals surface area contributed by atoms with Crippen LogP contribution in [0.4, 0.5) is 4.39 Å². The average molecular weight is 304 g/mol. The molecule has 0 heterocycles. The van der Waals surface area contributed by atoms with Gasteiger partial charge in [0.15, 0.2) is 0 Å². The molecule has 104 valence electrons. The maximum atomic E-state index is 13.0. The molecule has 1 saturated carbocycles. The Labute approximate surface area is 122 Å². The summed E-state index contributed by atoms with van der Waals surface area (Å²) in [5, 5.41) is 0.112. The maximum Gasteiger partial charge on any atom is 0.255 e. The fourth-order valence-electron chi connectivity index (χ4n) is 2.51. The van der Waals surface area contributed by atoms with Gasteiger partial charge in [0, 0.05) is 13.1 Å². The first kappa shape index (κ1) is 14.6. The fraction of sp³-hybridized carbons (Fsp3) is 0.500. The van der Waals surface area contributed by atoms with Gasteiger partial charge in [-0.25, -0.2) is 4.39 Å². The quantitative estimate of drug-likeness (QED) is 0.753. The monoisotopic (exact) mass is 303 g/mol. The van der Waals surface area contributed by atoms with E-state index in [2.05, 4.69) is 0 Å². The molecule has 0 saturated heterocycles. The molecule has 1 fully saturated rings. The van der Waals surface area contributed by atoms with Crippen LogP contribution in [-0.2, 0) is 0 Å². The standard InChI is InChI=1S/C14H16Cl2FNO/c1-18(13-5-3-2-4-11(13)15)14(19)10-7-6-9(17)8-12(10)16/h6-8,11,13H,2-5H2,1H3. The summed E-state index contributed by atoms with van der Waals surface area (Å²) in [5.41, 5.74) is 0.319. The Morgan fingerprint density at radius 1 is 1.37 bits per heavy atom. The summed E-state index contributed by atoms with van der Waals surface area (Å²) >= 11 is 12.2. The van der Waals surface area contributed by atoms with E-state index >= 15 is 0 Å². The average Bonchev–Trinajstić information content (AvgIpc) is 2.38. The number of carbonyl (C=O) groups excluding carboxylic acids is 1. The number of carbonyl (C=O) groups is 1. The molecule has 0 aliphatic heterocycles. The lowest BCUT2D eigenvalue weighted by Gasteiger charge is -2.35. The maximum absolute atomic E-state index is 13.0. The van der Waals surface area contributed by atoms with Crippen molar-refractivity contribution in [3.05, 3.63) is 34.6 Å². The van der Waals surface area contributed by atoms with Crippen LogP contribution in [0.3, 0.4) is 0 Å². The van der Waals surface area contributed by atoms with Crippen LogP contribution in [0.1, 0.15) is 36.0 Å². The fourth-order valence-corrected chi connectivity index (χ4v) is 3.20. The first-order valence-corrected chi connectivity index (χ1v) is 7.18. The minimum Gasteiger partial charge on any atom is -0.337 e. The van der Waals surface area contributed by atoms with E-state index < -0.39 is 5.82 Å². The van der Waals surface area contributed by atoms with E-state index in [0.717, 1.165) is 31.7 Å². The SMILES string of the molecule is CN(C(=O)c1ccc(F)cc1Cl)C1CCCCC1Cl. The van der Waals surface area contributed by atoms with Crippen LogP contribution in [0.25, 0.3) is 0 Å². The molecule has 0 aromatic heterocycles. The van der Waals surface area contributed by atoms with Crippen molar-refractivity contribution in [3.8, 4) is 0 Å². The van der Waals surface area contributed by atoms with Crippen LogP contribution in [0.5, 0.6) is 0 Å². The van der Waals surface area contributed by atoms with Crippen LogP contribution in [-0.4, -0.2) is 29.3 Å². The molecule has 2 unspecified atom stereocenters. The molecular formula is C14H16Cl2FNO. The number of rotatable bonds is 2. The first-order valence-electron chi connectivity index (χ1n) is 6.37. The molecule has 1 aliphatic carbocycles. The van der Waals surface area contributed by atoms with Crippen LogP contribution in [0.2, 0.25) is 5.02 Å². The second-order valence-corrected chi connectivity index (χ2v) is 5.88. The van der Waals surface area contributed by atoms with E-state index in [1.165, 1.54) is 12.1 Å². The van der Waals surface area contributed by atoms with Gasteiger partial charge in [0.05, 0.1) is 16.0 Å². The predicted octanol–water partition coefficient (Wildman–Crippen LogP) is 4.10. The van der Waals surface area contributed by atoms with Crippen LogP contribution >= 0.6 is 23.2 Å². The Morgan fingerprint density at radius 3 is 2.68 bits per heavy atom. The van der Waals surface area contributed by atoms with Gasteiger partial charge in [0.25, 0.3) is 5.91 Å². The molecule has 19 heavy (non-hydrogen) atoms. The first-order chi connectivity index (χ1) is 9.00. The largest absolute Gasteiger partial charge is 0.337 e. The molecule has 0 radical (unpaired) electrons. The lowest BCUT2D eigenvalue weighted by atomic mass is 9.93. The smallest absolute Gasteiger partial charge is 0.255 e. The second kappa shape index (κ2) is 6.10. The van der Waals surface area contributed by atoms with Crippen LogP contribution in [0, 0.1) is 5.82 Å². The highest BCUT2D eigenvalue weighted by Crippen LogP contribution is 2.28. The minimum absolute atomic E-state index is 0.0176. The van der Waals surface area contributed by atoms with Gasteiger partial charge in [-0.2, -0.15) is 0 Å². The van der Waals surface area contributed by atoms with Crippen molar-refractivity contribution < 1.29 is 9.18 Å². The number of nitrogens with zero attached hydrogens (tertiary/aromatic N) is 1. The third-order valence-corrected chi connectivity index (χ3v) is 4.45. The van der Waals surface area contributed by atoms with Gasteiger partial charge in [-0.15, -0.1) is 11.6 Å². The lowest BCUT2D eigenvalue weighted by Crippen LogP contribution is -2.44. The highest BCUT2D eigenvalue weighted by Gasteiger charge is 2.30. The van der Waals surface area contributed by atoms with Gasteiger partial charge < -0.3 is 4.90 Å². The van der Waals surface area contributed by atoms with Crippen molar-refractivity contribution in [2.75, 3.05) is 7.05 Å². The van der Waals surface area contributed by atoms with Gasteiger partial charge in [-0.1, -0.05) is 24.4 Å². The van der Waals surface area contributed by atoms with E-state index in [1.54, 1.807) is 11.9 Å². The molecule has 1 aromatic carbocycles. The number of alkyl halides is 1. The van der Waals surface area contributed by atoms with Gasteiger partial charge in [-0.05, 0) is 31.0 Å². The summed E-state index contributed by atoms with van der Waals surface area (Å²) in [6.07, 6.45) is 3.99. The molecular weight excluding hydrogens is 288 g/mol. The predicted molar refractivity (Wildman–Crippen MR) is 75.4 cm³/mol. The van der Waals surface area contributed by atoms with Crippen molar-refractivity contribution in [1.29, 1.82) is 0 Å². The van der Waals surface area contributed by atoms with Crippen molar-refractivity contribution in [2.45, 2.75) is 37.1 Å². The normalized spacial score (nSPS) is 23.2. The third-order valence-electron chi connectivity index (χ3n) is 3.63. The molecule has 0 bridgehead atoms. The van der Waals surface area contributed by atoms with Crippen molar-refractivity contribution >= 4 is 29.1 Å². The van der Waals surface area contributed by atoms with E-state index in [-0.39, 0.29) is 22.3 Å². The molecule has 1 amide bonds. The minimum atomic E-state index is -0.447. The Bertz CT molecular complexity index is 481. The highest BCUT2D eigenvalue weighted by molar-refractivity contribution is 6.33. The highest BCUT2D eigenvalue weighted by atomic mass is 35.5. The zero-order valence-corrected chi connectivity index (χ0v) is 12.2. The molecule has 0 N–H and O–H groups in total. The molecule has 2 atom stereocenters. The summed E-state index contributed by atoms with van der Waals surface area (Å²) in [4.78, 5) is 14.0. The van der Waals surface area contributed by atoms with E-state index in [0.29, 0.717) is 5.56 Å². The molecule has 0 spiro atoms. The zero-order chi connectivity index (χ0) is 14.0. The van der Waals surface area contributed by atoms with Crippen LogP contribution < -0.4 is 0 Å². The van der Waals surface area contributed by atoms with E-state index in [9.17, 15) is 9.18 Å². The van der Waals surface area contributed by atoms with E-state index in [1.807, 2.05) is 0 Å². The number of hydrogen-bond acceptors (Lipinski definition) is 1. The van der Waals surface area contributed by atoms with Gasteiger partial charge in [0.1, 0.15) is 5.82 Å². The Hall–Kier alpha value is -0.800. The zero-order valence-electron chi connectivity index (χ0n) is 10.7. The Morgan fingerprint density at radius 2 is 2.05 bits per heavy atom. The summed E-state index contributed by atoms with van der Waals surface area (Å²) in [6, 6.07) is 3.83. The van der Waals surface area contributed by atoms with Gasteiger partial charge >= 0.3 is 0 Å². The summed E-state index contributed by atoms with van der Waals surface area (Å²) in [5.74, 6) is -0.653. The summed E-state index contributed by atoms with van der Waals surface area (Å²) in [7, 11) is 1.73. The molecule has 1 aromatic rings. The van der Waals surface area contributed by atoms with Gasteiger partial charge in [0.2, 0.25) is 0 Å². The van der Waals surface area contributed by atoms with Crippen molar-refractivity contribution in [3.63, 3.8) is 0 Å². The van der Waals surface area contributed by atoms with E-state index in [4.69, 9.17) is 23.2 Å². The molecule has 2 rings (SSSR count). The van der Waals surface area contributed by atoms with Gasteiger partial charge in [-0.3, -0.25) is 4.79 Å². The number of amides is 1. The molecule has 2 nitrogen and oxygen atoms in total. The topological polar surface area (TPSA) is 20.3 Å². The number of halogens is 3. The van der Waals surface area contributed by atoms with Crippen molar-refractivity contribution in [1.82, 2.24) is 4.90 Å². The number of hydrogen-bond donors (Lipinski definition) is 0. The Balaban J connectivity index is 2.18. The number of benzene rings is 1. The summed E-state index contributed by atoms with van der Waals surface area (Å²) in [6.45, 7) is 0. The molecule has 1 aliphatic rings.